The van der Waals surface area contributed by atoms with Crippen LogP contribution in [0.15, 0.2) is 17.1 Å². The quantitative estimate of drug-likeness (QED) is 0.196. The average Bonchev–Trinajstić information content (AvgIpc) is 2.03. The fourth-order valence-corrected chi connectivity index (χ4v) is 0.450. The van der Waals surface area contributed by atoms with Crippen LogP contribution in [0.4, 0.5) is 0 Å². The number of rotatable bonds is 6. The summed E-state index contributed by atoms with van der Waals surface area (Å²) < 4.78 is 4.59. The Bertz CT molecular complexity index is 143. The molecule has 1 N–H and O–H groups in total. The van der Waals surface area contributed by atoms with E-state index in [1.54, 1.807) is 12.2 Å². The van der Waals surface area contributed by atoms with Crippen LogP contribution in [0.1, 0.15) is 6.42 Å². The molecule has 0 bridgehead atoms. The van der Waals surface area contributed by atoms with Crippen LogP contribution in [-0.4, -0.2) is 31.1 Å². The molecule has 0 saturated carbocycles. The molecule has 11 heavy (non-hydrogen) atoms. The maximum absolute atomic E-state index is 9.66. The molecule has 0 aromatic rings. The van der Waals surface area contributed by atoms with Gasteiger partial charge < -0.3 is 9.84 Å². The van der Waals surface area contributed by atoms with E-state index in [0.29, 0.717) is 19.4 Å². The van der Waals surface area contributed by atoms with Gasteiger partial charge in [-0.05, 0) is 0 Å². The van der Waals surface area contributed by atoms with Gasteiger partial charge in [0.1, 0.15) is 6.79 Å². The molecule has 0 fully saturated rings. The molecule has 0 aliphatic carbocycles. The number of nitrogens with zero attached hydrogens (tertiary/aromatic N) is 1. The van der Waals surface area contributed by atoms with Crippen LogP contribution in [0.5, 0.6) is 0 Å². The Balaban J connectivity index is 3.15. The van der Waals surface area contributed by atoms with Crippen LogP contribution in [0.2, 0.25) is 0 Å². The summed E-state index contributed by atoms with van der Waals surface area (Å²) in [4.78, 5) is 13.0. The van der Waals surface area contributed by atoms with Crippen LogP contribution in [-0.2, 0) is 9.53 Å². The van der Waals surface area contributed by atoms with E-state index in [1.165, 1.54) is 6.21 Å². The number of amides is 1. The van der Waals surface area contributed by atoms with Gasteiger partial charge in [-0.3, -0.25) is 4.79 Å². The van der Waals surface area contributed by atoms with E-state index >= 15 is 0 Å². The molecule has 0 rings (SSSR count). The van der Waals surface area contributed by atoms with E-state index in [9.17, 15) is 4.79 Å². The predicted octanol–water partition coefficient (Wildman–Crippen LogP) is 0.126. The zero-order valence-corrected chi connectivity index (χ0v) is 6.14. The molecule has 0 atom stereocenters. The van der Waals surface area contributed by atoms with Crippen molar-refractivity contribution in [2.45, 2.75) is 6.42 Å². The Morgan fingerprint density at radius 3 is 2.91 bits per heavy atom. The summed E-state index contributed by atoms with van der Waals surface area (Å²) in [5.74, 6) is 0. The minimum Gasteiger partial charge on any atom is -0.371 e. The van der Waals surface area contributed by atoms with Gasteiger partial charge in [-0.2, -0.15) is 0 Å². The van der Waals surface area contributed by atoms with Crippen molar-refractivity contribution < 1.29 is 14.6 Å². The van der Waals surface area contributed by atoms with E-state index in [-0.39, 0.29) is 6.79 Å². The van der Waals surface area contributed by atoms with Gasteiger partial charge in [0.05, 0.1) is 6.61 Å². The largest absolute Gasteiger partial charge is 0.371 e. The first-order valence-electron chi connectivity index (χ1n) is 3.20. The van der Waals surface area contributed by atoms with E-state index in [0.717, 1.165) is 0 Å². The molecular formula is C7H11NO3. The number of carbonyl (C=O) groups excluding carboxylic acids is 1. The van der Waals surface area contributed by atoms with E-state index in [2.05, 4.69) is 9.73 Å². The van der Waals surface area contributed by atoms with Crippen molar-refractivity contribution in [1.82, 2.24) is 0 Å². The van der Waals surface area contributed by atoms with Gasteiger partial charge in [0.15, 0.2) is 0 Å². The highest BCUT2D eigenvalue weighted by atomic mass is 16.6. The lowest BCUT2D eigenvalue weighted by molar-refractivity contribution is -0.106. The Kier molecular flexibility index (Phi) is 8.18. The Morgan fingerprint density at radius 1 is 1.45 bits per heavy atom. The molecule has 4 nitrogen and oxygen atoms in total. The van der Waals surface area contributed by atoms with Crippen molar-refractivity contribution in [2.24, 2.45) is 4.99 Å². The number of hydrogen-bond donors (Lipinski definition) is 1. The van der Waals surface area contributed by atoms with Crippen molar-refractivity contribution in [3.63, 3.8) is 0 Å². The number of carbonyl (C=O) groups is 1. The molecule has 0 aromatic heterocycles. The maximum Gasteiger partial charge on any atom is 0.232 e. The smallest absolute Gasteiger partial charge is 0.232 e. The number of hydrogen-bond acceptors (Lipinski definition) is 3. The third kappa shape index (κ3) is 9.00. The van der Waals surface area contributed by atoms with Gasteiger partial charge in [0.2, 0.25) is 6.41 Å². The lowest BCUT2D eigenvalue weighted by Crippen LogP contribution is -1.90. The topological polar surface area (TPSA) is 58.9 Å². The van der Waals surface area contributed by atoms with E-state index < -0.39 is 0 Å². The van der Waals surface area contributed by atoms with Crippen molar-refractivity contribution in [3.05, 3.63) is 12.2 Å². The first kappa shape index (κ1) is 10.0. The molecule has 0 aromatic carbocycles. The van der Waals surface area contributed by atoms with Gasteiger partial charge in [0.25, 0.3) is 0 Å². The van der Waals surface area contributed by atoms with Gasteiger partial charge in [-0.15, -0.1) is 0 Å². The third-order valence-electron chi connectivity index (χ3n) is 0.880. The van der Waals surface area contributed by atoms with Gasteiger partial charge in [-0.1, -0.05) is 12.2 Å². The molecule has 4 heteroatoms. The molecule has 1 amide bonds. The highest BCUT2D eigenvalue weighted by molar-refractivity contribution is 5.70. The average molecular weight is 157 g/mol. The van der Waals surface area contributed by atoms with Gasteiger partial charge >= 0.3 is 0 Å². The zero-order valence-electron chi connectivity index (χ0n) is 6.14. The predicted molar refractivity (Wildman–Crippen MR) is 41.4 cm³/mol. The second-order valence-electron chi connectivity index (χ2n) is 1.64. The lowest BCUT2D eigenvalue weighted by atomic mass is 10.4. The van der Waals surface area contributed by atoms with Crippen molar-refractivity contribution in [1.29, 1.82) is 0 Å². The normalized spacial score (nSPS) is 11.4. The number of allylic oxidation sites excluding steroid dienone is 1. The molecule has 0 unspecified atom stereocenters. The molecule has 0 radical (unpaired) electrons. The summed E-state index contributed by atoms with van der Waals surface area (Å²) in [6.07, 6.45) is 6.11. The summed E-state index contributed by atoms with van der Waals surface area (Å²) in [5.41, 5.74) is 0. The fourth-order valence-electron chi connectivity index (χ4n) is 0.450. The lowest BCUT2D eigenvalue weighted by Gasteiger charge is -1.90. The number of aliphatic hydroxyl groups excluding tert-OH is 1. The monoisotopic (exact) mass is 157 g/mol. The highest BCUT2D eigenvalue weighted by Crippen LogP contribution is 1.79. The highest BCUT2D eigenvalue weighted by Gasteiger charge is 1.75. The molecular weight excluding hydrogens is 146 g/mol. The first-order valence-corrected chi connectivity index (χ1v) is 3.20. The minimum absolute atomic E-state index is 0.271. The Hall–Kier alpha value is -1.00. The summed E-state index contributed by atoms with van der Waals surface area (Å²) >= 11 is 0. The van der Waals surface area contributed by atoms with Crippen LogP contribution in [0, 0.1) is 0 Å². The SMILES string of the molecule is O=CN=CCC=CCOCO. The number of aliphatic hydroxyl groups is 1. The standard InChI is InChI=1S/C7H11NO3/c9-6-8-4-2-1-3-5-11-7-10/h1,3-4,6,10H,2,5,7H2. The molecule has 0 aliphatic heterocycles. The second kappa shape index (κ2) is 9.00. The van der Waals surface area contributed by atoms with Crippen LogP contribution in [0.25, 0.3) is 0 Å². The van der Waals surface area contributed by atoms with Gasteiger partial charge in [0, 0.05) is 12.6 Å². The van der Waals surface area contributed by atoms with Crippen molar-refractivity contribution in [3.8, 4) is 0 Å². The second-order valence-corrected chi connectivity index (χ2v) is 1.64. The maximum atomic E-state index is 9.66. The number of aliphatic imine (C=N–C) groups is 1. The molecule has 0 heterocycles. The van der Waals surface area contributed by atoms with Crippen LogP contribution >= 0.6 is 0 Å². The molecule has 0 aliphatic rings. The summed E-state index contributed by atoms with van der Waals surface area (Å²) in [6, 6.07) is 0. The summed E-state index contributed by atoms with van der Waals surface area (Å²) in [6.45, 7) is 0.109. The van der Waals surface area contributed by atoms with Gasteiger partial charge in [-0.25, -0.2) is 4.99 Å². The van der Waals surface area contributed by atoms with Crippen LogP contribution < -0.4 is 0 Å². The van der Waals surface area contributed by atoms with Crippen molar-refractivity contribution in [2.75, 3.05) is 13.4 Å². The molecule has 0 spiro atoms. The number of ether oxygens (including phenoxy) is 1. The third-order valence-corrected chi connectivity index (χ3v) is 0.880. The van der Waals surface area contributed by atoms with E-state index in [4.69, 9.17) is 5.11 Å². The summed E-state index contributed by atoms with van der Waals surface area (Å²) in [5, 5.41) is 8.18. The Morgan fingerprint density at radius 2 is 2.27 bits per heavy atom. The van der Waals surface area contributed by atoms with Crippen molar-refractivity contribution >= 4 is 12.6 Å². The Labute approximate surface area is 65.2 Å². The summed E-state index contributed by atoms with van der Waals surface area (Å²) in [7, 11) is 0. The zero-order chi connectivity index (χ0) is 8.36. The van der Waals surface area contributed by atoms with E-state index in [1.807, 2.05) is 0 Å². The minimum atomic E-state index is -0.271. The molecule has 0 saturated heterocycles. The van der Waals surface area contributed by atoms with Crippen LogP contribution in [0.3, 0.4) is 0 Å². The first-order chi connectivity index (χ1) is 5.41. The fraction of sp³-hybridized carbons (Fsp3) is 0.429. The molecule has 62 valence electrons.